The van der Waals surface area contributed by atoms with Crippen LogP contribution in [0.2, 0.25) is 5.02 Å². The van der Waals surface area contributed by atoms with E-state index in [4.69, 9.17) is 16.3 Å². The van der Waals surface area contributed by atoms with E-state index in [2.05, 4.69) is 29.6 Å². The van der Waals surface area contributed by atoms with Crippen molar-refractivity contribution in [3.8, 4) is 5.75 Å². The number of hydrogen-bond donors (Lipinski definition) is 1. The van der Waals surface area contributed by atoms with Crippen LogP contribution in [0.5, 0.6) is 5.75 Å². The molecular weight excluding hydrogens is 258 g/mol. The van der Waals surface area contributed by atoms with E-state index in [0.717, 1.165) is 23.9 Å². The Labute approximate surface area is 118 Å². The fraction of sp³-hybridized carbons (Fsp3) is 0.250. The zero-order chi connectivity index (χ0) is 13.2. The van der Waals surface area contributed by atoms with Gasteiger partial charge in [0.1, 0.15) is 5.75 Å². The summed E-state index contributed by atoms with van der Waals surface area (Å²) in [6, 6.07) is 14.4. The average molecular weight is 274 g/mol. The van der Waals surface area contributed by atoms with Gasteiger partial charge in [-0.1, -0.05) is 29.8 Å². The first-order chi connectivity index (χ1) is 9.28. The van der Waals surface area contributed by atoms with Gasteiger partial charge >= 0.3 is 0 Å². The Morgan fingerprint density at radius 3 is 2.68 bits per heavy atom. The third kappa shape index (κ3) is 2.46. The SMILES string of the molecule is COc1ccc2c(c1)CNCC2c1ccc(Cl)cc1. The van der Waals surface area contributed by atoms with Crippen LogP contribution in [-0.2, 0) is 6.54 Å². The quantitative estimate of drug-likeness (QED) is 0.903. The lowest BCUT2D eigenvalue weighted by atomic mass is 9.85. The molecule has 2 aromatic carbocycles. The van der Waals surface area contributed by atoms with Gasteiger partial charge in [-0.15, -0.1) is 0 Å². The third-order valence-corrected chi connectivity index (χ3v) is 3.91. The second-order valence-electron chi connectivity index (χ2n) is 4.80. The summed E-state index contributed by atoms with van der Waals surface area (Å²) in [6.45, 7) is 1.86. The monoisotopic (exact) mass is 273 g/mol. The number of rotatable bonds is 2. The van der Waals surface area contributed by atoms with E-state index in [0.29, 0.717) is 5.92 Å². The highest BCUT2D eigenvalue weighted by molar-refractivity contribution is 6.30. The molecule has 1 aliphatic rings. The fourth-order valence-corrected chi connectivity index (χ4v) is 2.78. The Morgan fingerprint density at radius 1 is 1.16 bits per heavy atom. The summed E-state index contributed by atoms with van der Waals surface area (Å²) >= 11 is 5.96. The first kappa shape index (κ1) is 12.5. The van der Waals surface area contributed by atoms with Crippen LogP contribution in [0.1, 0.15) is 22.6 Å². The van der Waals surface area contributed by atoms with Gasteiger partial charge in [0.2, 0.25) is 0 Å². The van der Waals surface area contributed by atoms with Crippen LogP contribution >= 0.6 is 11.6 Å². The van der Waals surface area contributed by atoms with Gasteiger partial charge in [0, 0.05) is 24.0 Å². The van der Waals surface area contributed by atoms with Crippen LogP contribution in [0.15, 0.2) is 42.5 Å². The molecule has 1 atom stereocenters. The van der Waals surface area contributed by atoms with Gasteiger partial charge in [0.15, 0.2) is 0 Å². The molecule has 19 heavy (non-hydrogen) atoms. The predicted octanol–water partition coefficient (Wildman–Crippen LogP) is 3.58. The number of fused-ring (bicyclic) bond motifs is 1. The Morgan fingerprint density at radius 2 is 1.95 bits per heavy atom. The molecule has 0 aliphatic carbocycles. The average Bonchev–Trinajstić information content (AvgIpc) is 2.47. The Bertz CT molecular complexity index is 580. The maximum Gasteiger partial charge on any atom is 0.119 e. The maximum absolute atomic E-state index is 5.96. The van der Waals surface area contributed by atoms with E-state index in [1.165, 1.54) is 16.7 Å². The molecule has 3 heteroatoms. The normalized spacial score (nSPS) is 17.9. The standard InChI is InChI=1S/C16H16ClNO/c1-19-14-6-7-15-12(8-14)9-18-10-16(15)11-2-4-13(17)5-3-11/h2-8,16,18H,9-10H2,1H3. The zero-order valence-electron chi connectivity index (χ0n) is 10.8. The van der Waals surface area contributed by atoms with Crippen molar-refractivity contribution in [2.45, 2.75) is 12.5 Å². The molecule has 0 amide bonds. The van der Waals surface area contributed by atoms with Gasteiger partial charge in [-0.3, -0.25) is 0 Å². The summed E-state index contributed by atoms with van der Waals surface area (Å²) in [6.07, 6.45) is 0. The topological polar surface area (TPSA) is 21.3 Å². The van der Waals surface area contributed by atoms with Crippen LogP contribution in [-0.4, -0.2) is 13.7 Å². The summed E-state index contributed by atoms with van der Waals surface area (Å²) in [4.78, 5) is 0. The molecular formula is C16H16ClNO. The van der Waals surface area contributed by atoms with Gasteiger partial charge < -0.3 is 10.1 Å². The molecule has 0 saturated carbocycles. The zero-order valence-corrected chi connectivity index (χ0v) is 11.6. The van der Waals surface area contributed by atoms with Crippen LogP contribution in [0.3, 0.4) is 0 Å². The molecule has 0 aromatic heterocycles. The van der Waals surface area contributed by atoms with Gasteiger partial charge in [0.05, 0.1) is 7.11 Å². The number of methoxy groups -OCH3 is 1. The van der Waals surface area contributed by atoms with Crippen LogP contribution in [0.25, 0.3) is 0 Å². The summed E-state index contributed by atoms with van der Waals surface area (Å²) in [5.41, 5.74) is 3.98. The first-order valence-electron chi connectivity index (χ1n) is 6.41. The van der Waals surface area contributed by atoms with Gasteiger partial charge in [-0.2, -0.15) is 0 Å². The van der Waals surface area contributed by atoms with Gasteiger partial charge in [0.25, 0.3) is 0 Å². The van der Waals surface area contributed by atoms with Crippen molar-refractivity contribution in [3.63, 3.8) is 0 Å². The number of benzene rings is 2. The van der Waals surface area contributed by atoms with E-state index in [1.807, 2.05) is 18.2 Å². The van der Waals surface area contributed by atoms with Crippen molar-refractivity contribution in [1.82, 2.24) is 5.32 Å². The molecule has 0 spiro atoms. The minimum atomic E-state index is 0.381. The van der Waals surface area contributed by atoms with E-state index >= 15 is 0 Å². The van der Waals surface area contributed by atoms with Crippen molar-refractivity contribution in [2.75, 3.05) is 13.7 Å². The van der Waals surface area contributed by atoms with E-state index in [1.54, 1.807) is 7.11 Å². The number of ether oxygens (including phenoxy) is 1. The van der Waals surface area contributed by atoms with Crippen molar-refractivity contribution < 1.29 is 4.74 Å². The molecule has 1 heterocycles. The van der Waals surface area contributed by atoms with E-state index in [-0.39, 0.29) is 0 Å². The van der Waals surface area contributed by atoms with Crippen LogP contribution in [0, 0.1) is 0 Å². The third-order valence-electron chi connectivity index (χ3n) is 3.66. The number of hydrogen-bond acceptors (Lipinski definition) is 2. The predicted molar refractivity (Wildman–Crippen MR) is 78.0 cm³/mol. The summed E-state index contributed by atoms with van der Waals surface area (Å²) in [5.74, 6) is 1.30. The largest absolute Gasteiger partial charge is 0.497 e. The fourth-order valence-electron chi connectivity index (χ4n) is 2.66. The molecule has 0 saturated heterocycles. The summed E-state index contributed by atoms with van der Waals surface area (Å²) < 4.78 is 5.29. The molecule has 0 radical (unpaired) electrons. The van der Waals surface area contributed by atoms with Gasteiger partial charge in [-0.05, 0) is 41.0 Å². The second kappa shape index (κ2) is 5.24. The number of halogens is 1. The Balaban J connectivity index is 2.00. The molecule has 0 fully saturated rings. The maximum atomic E-state index is 5.96. The van der Waals surface area contributed by atoms with Crippen molar-refractivity contribution in [3.05, 3.63) is 64.2 Å². The minimum Gasteiger partial charge on any atom is -0.497 e. The highest BCUT2D eigenvalue weighted by Gasteiger charge is 2.21. The van der Waals surface area contributed by atoms with Gasteiger partial charge in [-0.25, -0.2) is 0 Å². The molecule has 2 nitrogen and oxygen atoms in total. The molecule has 98 valence electrons. The van der Waals surface area contributed by atoms with Crippen LogP contribution < -0.4 is 10.1 Å². The van der Waals surface area contributed by atoms with Crippen LogP contribution in [0.4, 0.5) is 0 Å². The Kier molecular flexibility index (Phi) is 3.45. The molecule has 2 aromatic rings. The molecule has 1 N–H and O–H groups in total. The first-order valence-corrected chi connectivity index (χ1v) is 6.78. The Hall–Kier alpha value is -1.51. The number of nitrogens with one attached hydrogen (secondary N) is 1. The molecule has 1 aliphatic heterocycles. The highest BCUT2D eigenvalue weighted by atomic mass is 35.5. The lowest BCUT2D eigenvalue weighted by Gasteiger charge is -2.27. The van der Waals surface area contributed by atoms with E-state index < -0.39 is 0 Å². The summed E-state index contributed by atoms with van der Waals surface area (Å²) in [5, 5.41) is 4.25. The highest BCUT2D eigenvalue weighted by Crippen LogP contribution is 2.32. The lowest BCUT2D eigenvalue weighted by Crippen LogP contribution is -2.28. The molecule has 0 bridgehead atoms. The van der Waals surface area contributed by atoms with Crippen molar-refractivity contribution in [2.24, 2.45) is 0 Å². The smallest absolute Gasteiger partial charge is 0.119 e. The lowest BCUT2D eigenvalue weighted by molar-refractivity contribution is 0.413. The molecule has 3 rings (SSSR count). The van der Waals surface area contributed by atoms with E-state index in [9.17, 15) is 0 Å². The van der Waals surface area contributed by atoms with Crippen molar-refractivity contribution in [1.29, 1.82) is 0 Å². The second-order valence-corrected chi connectivity index (χ2v) is 5.24. The van der Waals surface area contributed by atoms with Crippen molar-refractivity contribution >= 4 is 11.6 Å². The summed E-state index contributed by atoms with van der Waals surface area (Å²) in [7, 11) is 1.70. The minimum absolute atomic E-state index is 0.381. The molecule has 1 unspecified atom stereocenters.